The summed E-state index contributed by atoms with van der Waals surface area (Å²) in [6, 6.07) is 0. The minimum absolute atomic E-state index is 0.206. The molecule has 1 aliphatic heterocycles. The molecule has 1 saturated heterocycles. The summed E-state index contributed by atoms with van der Waals surface area (Å²) >= 11 is 0. The molecule has 0 aromatic carbocycles. The number of hydrogen-bond acceptors (Lipinski definition) is 3. The van der Waals surface area contributed by atoms with Crippen LogP contribution in [-0.4, -0.2) is 47.5 Å². The van der Waals surface area contributed by atoms with Gasteiger partial charge in [-0.1, -0.05) is 24.6 Å². The predicted molar refractivity (Wildman–Crippen MR) is 75.7 cm³/mol. The molecule has 0 aromatic rings. The summed E-state index contributed by atoms with van der Waals surface area (Å²) in [5.74, 6) is 2.04. The highest BCUT2D eigenvalue weighted by molar-refractivity contribution is 5.27. The van der Waals surface area contributed by atoms with E-state index >= 15 is 0 Å². The largest absolute Gasteiger partial charge is 0.396 e. The van der Waals surface area contributed by atoms with E-state index in [2.05, 4.69) is 11.0 Å². The first-order chi connectivity index (χ1) is 9.26. The van der Waals surface area contributed by atoms with Gasteiger partial charge in [-0.05, 0) is 36.7 Å². The fourth-order valence-electron chi connectivity index (χ4n) is 3.99. The Morgan fingerprint density at radius 2 is 2.00 bits per heavy atom. The van der Waals surface area contributed by atoms with Crippen LogP contribution in [-0.2, 0) is 0 Å². The van der Waals surface area contributed by atoms with Crippen molar-refractivity contribution in [1.82, 2.24) is 4.90 Å². The summed E-state index contributed by atoms with van der Waals surface area (Å²) in [4.78, 5) is 2.54. The van der Waals surface area contributed by atoms with Gasteiger partial charge in [0, 0.05) is 25.6 Å². The van der Waals surface area contributed by atoms with E-state index in [1.165, 1.54) is 37.9 Å². The van der Waals surface area contributed by atoms with Gasteiger partial charge in [0.25, 0.3) is 0 Å². The van der Waals surface area contributed by atoms with Gasteiger partial charge in [-0.3, -0.25) is 0 Å². The molecule has 3 nitrogen and oxygen atoms in total. The van der Waals surface area contributed by atoms with Crippen LogP contribution in [0.4, 0.5) is 0 Å². The summed E-state index contributed by atoms with van der Waals surface area (Å²) in [6.45, 7) is 3.62. The van der Waals surface area contributed by atoms with Crippen LogP contribution in [0.1, 0.15) is 25.7 Å². The van der Waals surface area contributed by atoms with Crippen LogP contribution in [0.2, 0.25) is 0 Å². The number of likely N-dealkylation sites (tertiary alicyclic amines) is 1. The molecule has 0 bridgehead atoms. The first-order valence-corrected chi connectivity index (χ1v) is 7.66. The van der Waals surface area contributed by atoms with Gasteiger partial charge in [0.05, 0.1) is 12.7 Å². The Hall–Kier alpha value is -0.640. The Morgan fingerprint density at radius 1 is 1.26 bits per heavy atom. The molecule has 2 aliphatic carbocycles. The first-order valence-electron chi connectivity index (χ1n) is 7.66. The van der Waals surface area contributed by atoms with Crippen molar-refractivity contribution >= 4 is 0 Å². The van der Waals surface area contributed by atoms with Crippen LogP contribution in [0.5, 0.6) is 0 Å². The highest BCUT2D eigenvalue weighted by atomic mass is 16.3. The predicted octanol–water partition coefficient (Wildman–Crippen LogP) is 1.57. The molecule has 0 radical (unpaired) electrons. The van der Waals surface area contributed by atoms with Crippen molar-refractivity contribution in [3.63, 3.8) is 0 Å². The SMILES string of the molecule is OCC(CN1C[C@H]2CCC[C@H]2C1)C1=CCC(O)C=C1. The summed E-state index contributed by atoms with van der Waals surface area (Å²) in [7, 11) is 0. The van der Waals surface area contributed by atoms with Gasteiger partial charge in [0.15, 0.2) is 0 Å². The number of rotatable bonds is 4. The number of allylic oxidation sites excluding steroid dienone is 1. The Labute approximate surface area is 115 Å². The number of aliphatic hydroxyl groups excluding tert-OH is 2. The second kappa shape index (κ2) is 5.78. The van der Waals surface area contributed by atoms with E-state index < -0.39 is 0 Å². The fourth-order valence-corrected chi connectivity index (χ4v) is 3.99. The maximum Gasteiger partial charge on any atom is 0.0758 e. The van der Waals surface area contributed by atoms with Crippen LogP contribution < -0.4 is 0 Å². The molecule has 0 spiro atoms. The number of fused-ring (bicyclic) bond motifs is 1. The smallest absolute Gasteiger partial charge is 0.0758 e. The lowest BCUT2D eigenvalue weighted by molar-refractivity contribution is 0.192. The molecule has 106 valence electrons. The second-order valence-corrected chi connectivity index (χ2v) is 6.42. The van der Waals surface area contributed by atoms with Crippen LogP contribution in [0.15, 0.2) is 23.8 Å². The van der Waals surface area contributed by atoms with E-state index in [4.69, 9.17) is 0 Å². The lowest BCUT2D eigenvalue weighted by atomic mass is 9.93. The first kappa shape index (κ1) is 13.3. The van der Waals surface area contributed by atoms with Crippen LogP contribution >= 0.6 is 0 Å². The maximum atomic E-state index is 9.64. The molecule has 2 unspecified atom stereocenters. The monoisotopic (exact) mass is 263 g/mol. The van der Waals surface area contributed by atoms with E-state index in [1.807, 2.05) is 12.2 Å². The maximum absolute atomic E-state index is 9.64. The van der Waals surface area contributed by atoms with Crippen LogP contribution in [0.3, 0.4) is 0 Å². The van der Waals surface area contributed by atoms with Gasteiger partial charge in [0.2, 0.25) is 0 Å². The van der Waals surface area contributed by atoms with E-state index in [0.717, 1.165) is 18.4 Å². The molecule has 3 aliphatic rings. The second-order valence-electron chi connectivity index (χ2n) is 6.42. The minimum Gasteiger partial charge on any atom is -0.396 e. The third kappa shape index (κ3) is 2.93. The van der Waals surface area contributed by atoms with E-state index in [9.17, 15) is 10.2 Å². The molecule has 0 amide bonds. The third-order valence-corrected chi connectivity index (χ3v) is 5.08. The van der Waals surface area contributed by atoms with Crippen molar-refractivity contribution in [3.05, 3.63) is 23.8 Å². The zero-order valence-corrected chi connectivity index (χ0v) is 11.5. The molecule has 3 heteroatoms. The van der Waals surface area contributed by atoms with Crippen LogP contribution in [0.25, 0.3) is 0 Å². The van der Waals surface area contributed by atoms with Gasteiger partial charge < -0.3 is 15.1 Å². The zero-order valence-electron chi connectivity index (χ0n) is 11.5. The lowest BCUT2D eigenvalue weighted by Crippen LogP contribution is -2.31. The quantitative estimate of drug-likeness (QED) is 0.809. The molecule has 19 heavy (non-hydrogen) atoms. The van der Waals surface area contributed by atoms with E-state index in [1.54, 1.807) is 0 Å². The van der Waals surface area contributed by atoms with Crippen molar-refractivity contribution in [2.45, 2.75) is 31.8 Å². The Bertz CT molecular complexity index is 365. The Kier molecular flexibility index (Phi) is 4.06. The molecule has 1 saturated carbocycles. The van der Waals surface area contributed by atoms with E-state index in [-0.39, 0.29) is 18.6 Å². The van der Waals surface area contributed by atoms with Crippen molar-refractivity contribution in [3.8, 4) is 0 Å². The summed E-state index contributed by atoms with van der Waals surface area (Å²) < 4.78 is 0. The fraction of sp³-hybridized carbons (Fsp3) is 0.750. The summed E-state index contributed by atoms with van der Waals surface area (Å²) in [5, 5.41) is 19.1. The standard InChI is InChI=1S/C16H25NO2/c18-11-15(12-4-6-16(19)7-5-12)10-17-8-13-2-1-3-14(13)9-17/h4-6,13-16,18-19H,1-3,7-11H2/t13-,14+,15?,16?. The van der Waals surface area contributed by atoms with Gasteiger partial charge in [-0.25, -0.2) is 0 Å². The molecule has 2 fully saturated rings. The van der Waals surface area contributed by atoms with Crippen LogP contribution in [0, 0.1) is 17.8 Å². The van der Waals surface area contributed by atoms with Crippen molar-refractivity contribution in [2.75, 3.05) is 26.2 Å². The summed E-state index contributed by atoms with van der Waals surface area (Å²) in [5.41, 5.74) is 1.20. The highest BCUT2D eigenvalue weighted by Crippen LogP contribution is 2.38. The normalized spacial score (nSPS) is 36.3. The topological polar surface area (TPSA) is 43.7 Å². The van der Waals surface area contributed by atoms with Crippen molar-refractivity contribution in [1.29, 1.82) is 0 Å². The molecule has 2 N–H and O–H groups in total. The Morgan fingerprint density at radius 3 is 2.58 bits per heavy atom. The van der Waals surface area contributed by atoms with Crippen molar-refractivity contribution < 1.29 is 10.2 Å². The van der Waals surface area contributed by atoms with Gasteiger partial charge in [-0.2, -0.15) is 0 Å². The minimum atomic E-state index is -0.339. The van der Waals surface area contributed by atoms with Crippen molar-refractivity contribution in [2.24, 2.45) is 17.8 Å². The van der Waals surface area contributed by atoms with Gasteiger partial charge >= 0.3 is 0 Å². The third-order valence-electron chi connectivity index (χ3n) is 5.08. The number of aliphatic hydroxyl groups is 2. The molecular weight excluding hydrogens is 238 g/mol. The number of hydrogen-bond donors (Lipinski definition) is 2. The van der Waals surface area contributed by atoms with Gasteiger partial charge in [0.1, 0.15) is 0 Å². The Balaban J connectivity index is 1.57. The average molecular weight is 263 g/mol. The number of nitrogens with zero attached hydrogens (tertiary/aromatic N) is 1. The van der Waals surface area contributed by atoms with E-state index in [0.29, 0.717) is 6.42 Å². The summed E-state index contributed by atoms with van der Waals surface area (Å²) in [6.07, 6.45) is 10.5. The van der Waals surface area contributed by atoms with Gasteiger partial charge in [-0.15, -0.1) is 0 Å². The average Bonchev–Trinajstić information content (AvgIpc) is 2.98. The lowest BCUT2D eigenvalue weighted by Gasteiger charge is -2.25. The molecule has 1 heterocycles. The molecule has 0 aromatic heterocycles. The molecule has 3 rings (SSSR count). The zero-order chi connectivity index (χ0) is 13.2. The molecule has 4 atom stereocenters. The highest BCUT2D eigenvalue weighted by Gasteiger charge is 2.36. The molecular formula is C16H25NO2.